The molecule has 1 aromatic heterocycles. The van der Waals surface area contributed by atoms with Gasteiger partial charge in [-0.15, -0.1) is 11.3 Å². The monoisotopic (exact) mass is 181 g/mol. The number of carbonyl (C=O) groups excluding carboxylic acids is 1. The summed E-state index contributed by atoms with van der Waals surface area (Å²) in [6, 6.07) is 3.78. The summed E-state index contributed by atoms with van der Waals surface area (Å²) in [6.45, 7) is 0. The molecule has 0 aliphatic heterocycles. The lowest BCUT2D eigenvalue weighted by atomic mass is 10.2. The summed E-state index contributed by atoms with van der Waals surface area (Å²) < 4.78 is 4.48. The Balaban J connectivity index is 2.76. The summed E-state index contributed by atoms with van der Waals surface area (Å²) >= 11 is 1.33. The van der Waals surface area contributed by atoms with Crippen molar-refractivity contribution in [2.45, 2.75) is 6.42 Å². The van der Waals surface area contributed by atoms with Crippen LogP contribution in [0.3, 0.4) is 0 Å². The summed E-state index contributed by atoms with van der Waals surface area (Å²) in [5.41, 5.74) is 0.745. The van der Waals surface area contributed by atoms with E-state index in [4.69, 9.17) is 5.26 Å². The van der Waals surface area contributed by atoms with Crippen LogP contribution in [0.4, 0.5) is 0 Å². The molecule has 1 rings (SSSR count). The lowest BCUT2D eigenvalue weighted by Crippen LogP contribution is -2.04. The number of ether oxygens (including phenoxy) is 1. The Morgan fingerprint density at radius 1 is 1.83 bits per heavy atom. The van der Waals surface area contributed by atoms with Gasteiger partial charge < -0.3 is 4.74 Å². The first kappa shape index (κ1) is 8.75. The molecule has 4 heteroatoms. The van der Waals surface area contributed by atoms with Crippen LogP contribution in [-0.4, -0.2) is 13.1 Å². The van der Waals surface area contributed by atoms with E-state index in [9.17, 15) is 4.79 Å². The minimum absolute atomic E-state index is 0.183. The number of rotatable bonds is 2. The summed E-state index contributed by atoms with van der Waals surface area (Å²) in [5, 5.41) is 10.4. The van der Waals surface area contributed by atoms with Crippen LogP contribution in [0.2, 0.25) is 0 Å². The van der Waals surface area contributed by atoms with E-state index in [2.05, 4.69) is 4.74 Å². The fourth-order valence-corrected chi connectivity index (χ4v) is 1.51. The molecule has 0 amide bonds. The van der Waals surface area contributed by atoms with Crippen LogP contribution >= 0.6 is 11.3 Å². The minimum atomic E-state index is -0.315. The van der Waals surface area contributed by atoms with Gasteiger partial charge in [0.1, 0.15) is 10.9 Å². The van der Waals surface area contributed by atoms with Crippen LogP contribution < -0.4 is 0 Å². The van der Waals surface area contributed by atoms with Crippen molar-refractivity contribution in [3.8, 4) is 6.07 Å². The summed E-state index contributed by atoms with van der Waals surface area (Å²) in [6.07, 6.45) is 0.183. The Morgan fingerprint density at radius 2 is 2.58 bits per heavy atom. The van der Waals surface area contributed by atoms with E-state index in [1.165, 1.54) is 18.4 Å². The topological polar surface area (TPSA) is 50.1 Å². The first-order valence-electron chi connectivity index (χ1n) is 3.31. The van der Waals surface area contributed by atoms with E-state index in [-0.39, 0.29) is 12.4 Å². The molecule has 0 atom stereocenters. The molecule has 0 fully saturated rings. The molecule has 0 spiro atoms. The van der Waals surface area contributed by atoms with E-state index >= 15 is 0 Å². The van der Waals surface area contributed by atoms with Crippen LogP contribution in [0.15, 0.2) is 11.4 Å². The highest BCUT2D eigenvalue weighted by atomic mass is 32.1. The van der Waals surface area contributed by atoms with Crippen molar-refractivity contribution in [3.63, 3.8) is 0 Å². The normalized spacial score (nSPS) is 9.00. The van der Waals surface area contributed by atoms with Gasteiger partial charge in [0.15, 0.2) is 0 Å². The highest BCUT2D eigenvalue weighted by Crippen LogP contribution is 2.15. The first-order chi connectivity index (χ1) is 5.77. The van der Waals surface area contributed by atoms with E-state index < -0.39 is 0 Å². The zero-order valence-corrected chi connectivity index (χ0v) is 7.35. The van der Waals surface area contributed by atoms with Crippen molar-refractivity contribution in [1.29, 1.82) is 5.26 Å². The van der Waals surface area contributed by atoms with Gasteiger partial charge in [0.05, 0.1) is 13.5 Å². The second-order valence-corrected chi connectivity index (χ2v) is 3.06. The first-order valence-corrected chi connectivity index (χ1v) is 4.19. The van der Waals surface area contributed by atoms with Gasteiger partial charge in [0.25, 0.3) is 0 Å². The molecule has 0 aliphatic rings. The van der Waals surface area contributed by atoms with Crippen molar-refractivity contribution in [3.05, 3.63) is 21.9 Å². The Kier molecular flexibility index (Phi) is 2.83. The van der Waals surface area contributed by atoms with E-state index in [0.717, 1.165) is 5.56 Å². The molecule has 0 unspecified atom stereocenters. The van der Waals surface area contributed by atoms with Crippen molar-refractivity contribution in [2.24, 2.45) is 0 Å². The molecule has 1 heterocycles. The molecule has 0 bridgehead atoms. The fourth-order valence-electron chi connectivity index (χ4n) is 0.801. The van der Waals surface area contributed by atoms with E-state index in [1.807, 2.05) is 6.07 Å². The molecule has 0 radical (unpaired) electrons. The Labute approximate surface area is 74.2 Å². The third-order valence-electron chi connectivity index (χ3n) is 1.41. The molecular weight excluding hydrogens is 174 g/mol. The maximum Gasteiger partial charge on any atom is 0.310 e. The summed E-state index contributed by atoms with van der Waals surface area (Å²) in [4.78, 5) is 11.4. The van der Waals surface area contributed by atoms with Crippen molar-refractivity contribution in [2.75, 3.05) is 7.11 Å². The maximum absolute atomic E-state index is 10.8. The number of methoxy groups -OCH3 is 1. The Morgan fingerprint density at radius 3 is 3.17 bits per heavy atom. The molecule has 0 aromatic carbocycles. The average molecular weight is 181 g/mol. The van der Waals surface area contributed by atoms with Gasteiger partial charge >= 0.3 is 5.97 Å². The summed E-state index contributed by atoms with van der Waals surface area (Å²) in [5.74, 6) is -0.315. The van der Waals surface area contributed by atoms with Crippen molar-refractivity contribution >= 4 is 17.3 Å². The lowest BCUT2D eigenvalue weighted by Gasteiger charge is -1.95. The number of thiophene rings is 1. The zero-order chi connectivity index (χ0) is 8.97. The Hall–Kier alpha value is -1.34. The van der Waals surface area contributed by atoms with Gasteiger partial charge in [0, 0.05) is 0 Å². The second kappa shape index (κ2) is 3.88. The zero-order valence-electron chi connectivity index (χ0n) is 6.53. The average Bonchev–Trinajstić information content (AvgIpc) is 2.51. The molecule has 12 heavy (non-hydrogen) atoms. The highest BCUT2D eigenvalue weighted by molar-refractivity contribution is 7.10. The minimum Gasteiger partial charge on any atom is -0.469 e. The van der Waals surface area contributed by atoms with Gasteiger partial charge in [-0.2, -0.15) is 5.26 Å². The van der Waals surface area contributed by atoms with Gasteiger partial charge in [-0.1, -0.05) is 0 Å². The number of esters is 1. The van der Waals surface area contributed by atoms with Gasteiger partial charge in [-0.25, -0.2) is 0 Å². The van der Waals surface area contributed by atoms with E-state index in [0.29, 0.717) is 4.88 Å². The number of hydrogen-bond donors (Lipinski definition) is 0. The molecule has 1 aromatic rings. The van der Waals surface area contributed by atoms with Crippen LogP contribution in [0.25, 0.3) is 0 Å². The standard InChI is InChI=1S/C8H7NO2S/c1-11-8(10)4-6-2-3-12-7(6)5-9/h2-3H,4H2,1H3. The van der Waals surface area contributed by atoms with Crippen LogP contribution in [0, 0.1) is 11.3 Å². The predicted molar refractivity (Wildman–Crippen MR) is 44.8 cm³/mol. The predicted octanol–water partition coefficient (Wildman–Crippen LogP) is 1.34. The van der Waals surface area contributed by atoms with Gasteiger partial charge in [0.2, 0.25) is 0 Å². The third kappa shape index (κ3) is 1.83. The van der Waals surface area contributed by atoms with Gasteiger partial charge in [-0.05, 0) is 17.0 Å². The maximum atomic E-state index is 10.8. The second-order valence-electron chi connectivity index (χ2n) is 2.14. The Bertz CT molecular complexity index is 324. The SMILES string of the molecule is COC(=O)Cc1ccsc1C#N. The molecule has 0 saturated carbocycles. The molecule has 62 valence electrons. The van der Waals surface area contributed by atoms with Gasteiger partial charge in [-0.3, -0.25) is 4.79 Å². The number of carbonyl (C=O) groups is 1. The number of hydrogen-bond acceptors (Lipinski definition) is 4. The fraction of sp³-hybridized carbons (Fsp3) is 0.250. The molecule has 0 aliphatic carbocycles. The molecule has 3 nitrogen and oxygen atoms in total. The van der Waals surface area contributed by atoms with Crippen molar-refractivity contribution in [1.82, 2.24) is 0 Å². The van der Waals surface area contributed by atoms with Crippen molar-refractivity contribution < 1.29 is 9.53 Å². The molecular formula is C8H7NO2S. The van der Waals surface area contributed by atoms with Crippen LogP contribution in [0.1, 0.15) is 10.4 Å². The smallest absolute Gasteiger partial charge is 0.310 e. The largest absolute Gasteiger partial charge is 0.469 e. The molecule has 0 N–H and O–H groups in total. The highest BCUT2D eigenvalue weighted by Gasteiger charge is 2.08. The quantitative estimate of drug-likeness (QED) is 0.647. The molecule has 0 saturated heterocycles. The van der Waals surface area contributed by atoms with Crippen LogP contribution in [-0.2, 0) is 16.0 Å². The number of nitrogens with zero attached hydrogens (tertiary/aromatic N) is 1. The summed E-state index contributed by atoms with van der Waals surface area (Å²) in [7, 11) is 1.33. The van der Waals surface area contributed by atoms with Crippen LogP contribution in [0.5, 0.6) is 0 Å². The number of nitriles is 1. The third-order valence-corrected chi connectivity index (χ3v) is 2.27. The van der Waals surface area contributed by atoms with E-state index in [1.54, 1.807) is 11.4 Å². The lowest BCUT2D eigenvalue weighted by molar-refractivity contribution is -0.139.